The Kier molecular flexibility index (Phi) is 5.35. The van der Waals surface area contributed by atoms with Gasteiger partial charge in [0.05, 0.1) is 9.79 Å². The molecule has 3 aromatic rings. The van der Waals surface area contributed by atoms with Crippen LogP contribution in [0.4, 0.5) is 8.78 Å². The van der Waals surface area contributed by atoms with Crippen molar-refractivity contribution in [3.8, 4) is 0 Å². The molecule has 1 aliphatic heterocycles. The van der Waals surface area contributed by atoms with Crippen LogP contribution in [0.25, 0.3) is 10.8 Å². The van der Waals surface area contributed by atoms with Gasteiger partial charge in [-0.25, -0.2) is 25.6 Å². The van der Waals surface area contributed by atoms with Crippen molar-refractivity contribution in [2.75, 3.05) is 26.2 Å². The van der Waals surface area contributed by atoms with Crippen LogP contribution in [0.3, 0.4) is 0 Å². The Labute approximate surface area is 173 Å². The molecule has 0 unspecified atom stereocenters. The fourth-order valence-corrected chi connectivity index (χ4v) is 6.31. The van der Waals surface area contributed by atoms with E-state index < -0.39 is 31.7 Å². The number of nitrogens with zero attached hydrogens (tertiary/aromatic N) is 2. The van der Waals surface area contributed by atoms with Gasteiger partial charge in [0.15, 0.2) is 11.6 Å². The molecule has 1 aliphatic rings. The maximum Gasteiger partial charge on any atom is 0.243 e. The molecule has 4 rings (SSSR count). The summed E-state index contributed by atoms with van der Waals surface area (Å²) in [6, 6.07) is 14.6. The van der Waals surface area contributed by atoms with Crippen LogP contribution in [0.15, 0.2) is 70.5 Å². The molecular weight excluding hydrogens is 434 g/mol. The predicted molar refractivity (Wildman–Crippen MR) is 108 cm³/mol. The summed E-state index contributed by atoms with van der Waals surface area (Å²) in [5, 5.41) is 1.71. The zero-order valence-electron chi connectivity index (χ0n) is 15.7. The van der Waals surface area contributed by atoms with Gasteiger partial charge in [-0.2, -0.15) is 8.61 Å². The second-order valence-electron chi connectivity index (χ2n) is 6.89. The largest absolute Gasteiger partial charge is 0.243 e. The topological polar surface area (TPSA) is 74.8 Å². The first kappa shape index (κ1) is 20.9. The summed E-state index contributed by atoms with van der Waals surface area (Å²) < 4.78 is 80.3. The van der Waals surface area contributed by atoms with Crippen molar-refractivity contribution in [1.82, 2.24) is 8.61 Å². The molecule has 0 saturated carbocycles. The summed E-state index contributed by atoms with van der Waals surface area (Å²) >= 11 is 0. The van der Waals surface area contributed by atoms with Crippen molar-refractivity contribution < 1.29 is 25.6 Å². The minimum absolute atomic E-state index is 0.0436. The summed E-state index contributed by atoms with van der Waals surface area (Å²) in [6.07, 6.45) is 0. The molecule has 0 radical (unpaired) electrons. The smallest absolute Gasteiger partial charge is 0.207 e. The van der Waals surface area contributed by atoms with Crippen LogP contribution in [-0.4, -0.2) is 51.6 Å². The van der Waals surface area contributed by atoms with Crippen molar-refractivity contribution >= 4 is 30.8 Å². The highest BCUT2D eigenvalue weighted by Crippen LogP contribution is 2.25. The Morgan fingerprint density at radius 2 is 1.10 bits per heavy atom. The standard InChI is InChI=1S/C20H18F2N2O4S2/c21-19-8-7-18(14-20(19)22)30(27,28)24-11-9-23(10-12-24)29(25,26)17-6-5-15-3-1-2-4-16(15)13-17/h1-8,13-14H,9-12H2. The van der Waals surface area contributed by atoms with Crippen LogP contribution in [-0.2, 0) is 20.0 Å². The van der Waals surface area contributed by atoms with Gasteiger partial charge in [0.25, 0.3) is 0 Å². The fourth-order valence-electron chi connectivity index (χ4n) is 3.41. The number of benzene rings is 3. The molecule has 3 aromatic carbocycles. The van der Waals surface area contributed by atoms with Crippen LogP contribution in [0.1, 0.15) is 0 Å². The molecule has 158 valence electrons. The van der Waals surface area contributed by atoms with Gasteiger partial charge in [0.1, 0.15) is 0 Å². The first-order valence-corrected chi connectivity index (χ1v) is 12.0. The van der Waals surface area contributed by atoms with E-state index in [1.165, 1.54) is 10.4 Å². The summed E-state index contributed by atoms with van der Waals surface area (Å²) in [5.74, 6) is -2.39. The van der Waals surface area contributed by atoms with E-state index in [2.05, 4.69) is 0 Å². The highest BCUT2D eigenvalue weighted by molar-refractivity contribution is 7.89. The van der Waals surface area contributed by atoms with Crippen molar-refractivity contribution in [3.05, 3.63) is 72.3 Å². The first-order valence-electron chi connectivity index (χ1n) is 9.14. The molecule has 0 N–H and O–H groups in total. The number of halogens is 2. The van der Waals surface area contributed by atoms with Crippen molar-refractivity contribution in [2.45, 2.75) is 9.79 Å². The summed E-state index contributed by atoms with van der Waals surface area (Å²) in [6.45, 7) is -0.265. The van der Waals surface area contributed by atoms with E-state index in [4.69, 9.17) is 0 Å². The van der Waals surface area contributed by atoms with Crippen LogP contribution < -0.4 is 0 Å². The Hall–Kier alpha value is -2.40. The van der Waals surface area contributed by atoms with Gasteiger partial charge in [0.2, 0.25) is 20.0 Å². The second-order valence-corrected chi connectivity index (χ2v) is 10.8. The molecule has 0 spiro atoms. The average Bonchev–Trinajstić information content (AvgIpc) is 2.75. The number of sulfonamides is 2. The third-order valence-corrected chi connectivity index (χ3v) is 8.87. The van der Waals surface area contributed by atoms with E-state index >= 15 is 0 Å². The molecule has 0 amide bonds. The number of hydrogen-bond acceptors (Lipinski definition) is 4. The Morgan fingerprint density at radius 3 is 1.67 bits per heavy atom. The lowest BCUT2D eigenvalue weighted by molar-refractivity contribution is 0.272. The van der Waals surface area contributed by atoms with Crippen molar-refractivity contribution in [1.29, 1.82) is 0 Å². The molecule has 30 heavy (non-hydrogen) atoms. The molecule has 10 heteroatoms. The van der Waals surface area contributed by atoms with Crippen LogP contribution in [0.5, 0.6) is 0 Å². The molecule has 1 saturated heterocycles. The Bertz CT molecular complexity index is 1320. The molecule has 0 aromatic heterocycles. The highest BCUT2D eigenvalue weighted by atomic mass is 32.2. The third-order valence-electron chi connectivity index (χ3n) is 5.09. The quantitative estimate of drug-likeness (QED) is 0.610. The van der Waals surface area contributed by atoms with Crippen LogP contribution in [0.2, 0.25) is 0 Å². The molecule has 1 heterocycles. The minimum Gasteiger partial charge on any atom is -0.207 e. The van der Waals surface area contributed by atoms with Gasteiger partial charge in [-0.15, -0.1) is 0 Å². The summed E-state index contributed by atoms with van der Waals surface area (Å²) in [7, 11) is -7.86. The summed E-state index contributed by atoms with van der Waals surface area (Å²) in [5.41, 5.74) is 0. The monoisotopic (exact) mass is 452 g/mol. The lowest BCUT2D eigenvalue weighted by atomic mass is 10.1. The van der Waals surface area contributed by atoms with E-state index in [9.17, 15) is 25.6 Å². The highest BCUT2D eigenvalue weighted by Gasteiger charge is 2.34. The van der Waals surface area contributed by atoms with E-state index in [0.29, 0.717) is 6.07 Å². The molecular formula is C20H18F2N2O4S2. The van der Waals surface area contributed by atoms with E-state index in [1.807, 2.05) is 24.3 Å². The Morgan fingerprint density at radius 1 is 0.600 bits per heavy atom. The molecule has 1 fully saturated rings. The molecule has 6 nitrogen and oxygen atoms in total. The second kappa shape index (κ2) is 7.69. The number of fused-ring (bicyclic) bond motifs is 1. The summed E-state index contributed by atoms with van der Waals surface area (Å²) in [4.78, 5) is -0.231. The van der Waals surface area contributed by atoms with Crippen molar-refractivity contribution in [2.24, 2.45) is 0 Å². The van der Waals surface area contributed by atoms with Gasteiger partial charge in [-0.1, -0.05) is 30.3 Å². The fraction of sp³-hybridized carbons (Fsp3) is 0.200. The average molecular weight is 453 g/mol. The third kappa shape index (κ3) is 3.71. The maximum absolute atomic E-state index is 13.4. The molecule has 0 bridgehead atoms. The van der Waals surface area contributed by atoms with E-state index in [0.717, 1.165) is 27.2 Å². The molecule has 0 aliphatic carbocycles. The van der Waals surface area contributed by atoms with Crippen LogP contribution in [0, 0.1) is 11.6 Å². The van der Waals surface area contributed by atoms with Gasteiger partial charge in [-0.05, 0) is 41.1 Å². The van der Waals surface area contributed by atoms with Gasteiger partial charge < -0.3 is 0 Å². The Balaban J connectivity index is 1.53. The maximum atomic E-state index is 13.4. The van der Waals surface area contributed by atoms with E-state index in [-0.39, 0.29) is 36.0 Å². The SMILES string of the molecule is O=S(=O)(c1ccc(F)c(F)c1)N1CCN(S(=O)(=O)c2ccc3ccccc3c2)CC1. The first-order chi connectivity index (χ1) is 14.2. The number of rotatable bonds is 4. The van der Waals surface area contributed by atoms with Gasteiger partial charge in [-0.3, -0.25) is 0 Å². The normalized spacial score (nSPS) is 16.7. The molecule has 0 atom stereocenters. The lowest BCUT2D eigenvalue weighted by Gasteiger charge is -2.33. The zero-order valence-corrected chi connectivity index (χ0v) is 17.3. The lowest BCUT2D eigenvalue weighted by Crippen LogP contribution is -2.50. The predicted octanol–water partition coefficient (Wildman–Crippen LogP) is 2.81. The minimum atomic E-state index is -4.06. The number of piperazine rings is 1. The van der Waals surface area contributed by atoms with Gasteiger partial charge in [0, 0.05) is 26.2 Å². The van der Waals surface area contributed by atoms with E-state index in [1.54, 1.807) is 12.1 Å². The van der Waals surface area contributed by atoms with Crippen LogP contribution >= 0.6 is 0 Å². The van der Waals surface area contributed by atoms with Gasteiger partial charge >= 0.3 is 0 Å². The zero-order chi connectivity index (χ0) is 21.5. The van der Waals surface area contributed by atoms with Crippen molar-refractivity contribution in [3.63, 3.8) is 0 Å². The number of hydrogen-bond donors (Lipinski definition) is 0.